The number of rotatable bonds is 7. The van der Waals surface area contributed by atoms with Crippen LogP contribution in [0.15, 0.2) is 334 Å². The third-order valence-corrected chi connectivity index (χ3v) is 19.6. The quantitative estimate of drug-likeness (QED) is 0.142. The molecule has 0 saturated carbocycles. The molecule has 4 nitrogen and oxygen atoms in total. The summed E-state index contributed by atoms with van der Waals surface area (Å²) in [6.45, 7) is 0. The third kappa shape index (κ3) is 8.08. The van der Waals surface area contributed by atoms with Crippen molar-refractivity contribution in [3.05, 3.63) is 339 Å². The molecule has 1 aliphatic rings. The molecular formula is C90H56N4. The summed E-state index contributed by atoms with van der Waals surface area (Å²) in [7, 11) is 0. The first-order chi connectivity index (χ1) is 46.6. The third-order valence-electron chi connectivity index (χ3n) is 19.6. The second-order valence-corrected chi connectivity index (χ2v) is 24.6. The van der Waals surface area contributed by atoms with Crippen molar-refractivity contribution in [3.63, 3.8) is 0 Å². The molecule has 19 aromatic rings. The minimum atomic E-state index is 0.858. The smallest absolute Gasteiger partial charge is 0.0541 e. The van der Waals surface area contributed by atoms with E-state index in [1.54, 1.807) is 0 Å². The number of terminal acetylenes is 1. The topological polar surface area (TPSA) is 19.7 Å². The van der Waals surface area contributed by atoms with Crippen molar-refractivity contribution in [1.82, 2.24) is 18.3 Å². The van der Waals surface area contributed by atoms with Crippen molar-refractivity contribution < 1.29 is 0 Å². The molecule has 0 amide bonds. The predicted octanol–water partition coefficient (Wildman–Crippen LogP) is 23.5. The van der Waals surface area contributed by atoms with Crippen LogP contribution in [0.5, 0.6) is 0 Å². The van der Waals surface area contributed by atoms with E-state index in [-0.39, 0.29) is 0 Å². The molecule has 0 N–H and O–H groups in total. The van der Waals surface area contributed by atoms with Gasteiger partial charge in [0.05, 0.1) is 44.1 Å². The lowest BCUT2D eigenvalue weighted by atomic mass is 9.82. The van der Waals surface area contributed by atoms with E-state index in [9.17, 15) is 0 Å². The highest BCUT2D eigenvalue weighted by atomic mass is 15.0. The lowest BCUT2D eigenvalue weighted by Crippen LogP contribution is -2.01. The average Bonchev–Trinajstić information content (AvgIpc) is 1.54. The fourth-order valence-corrected chi connectivity index (χ4v) is 15.7. The Labute approximate surface area is 542 Å². The number of hydrogen-bond acceptors (Lipinski definition) is 0. The van der Waals surface area contributed by atoms with Crippen LogP contribution in [0.3, 0.4) is 0 Å². The predicted molar refractivity (Wildman–Crippen MR) is 396 cm³/mol. The van der Waals surface area contributed by atoms with Gasteiger partial charge in [-0.15, -0.1) is 6.42 Å². The zero-order valence-corrected chi connectivity index (χ0v) is 51.1. The van der Waals surface area contributed by atoms with Crippen LogP contribution in [-0.2, 0) is 0 Å². The Hall–Kier alpha value is -12.7. The van der Waals surface area contributed by atoms with Crippen molar-refractivity contribution in [3.8, 4) is 90.7 Å². The Morgan fingerprint density at radius 1 is 0.213 bits per heavy atom. The second-order valence-electron chi connectivity index (χ2n) is 24.6. The van der Waals surface area contributed by atoms with Gasteiger partial charge in [0, 0.05) is 71.4 Å². The van der Waals surface area contributed by atoms with E-state index in [0.717, 1.165) is 33.9 Å². The van der Waals surface area contributed by atoms with Crippen LogP contribution in [0.2, 0.25) is 0 Å². The number of para-hydroxylation sites is 8. The van der Waals surface area contributed by atoms with Gasteiger partial charge in [-0.2, -0.15) is 0 Å². The Morgan fingerprint density at radius 2 is 0.511 bits per heavy atom. The highest BCUT2D eigenvalue weighted by Crippen LogP contribution is 2.57. The van der Waals surface area contributed by atoms with Gasteiger partial charge < -0.3 is 18.3 Å². The van der Waals surface area contributed by atoms with Gasteiger partial charge in [-0.05, 0) is 157 Å². The van der Waals surface area contributed by atoms with E-state index in [1.807, 2.05) is 0 Å². The van der Waals surface area contributed by atoms with Gasteiger partial charge in [0.1, 0.15) is 0 Å². The summed E-state index contributed by atoms with van der Waals surface area (Å²) in [6, 6.07) is 121. The average molecular weight is 1190 g/mol. The minimum Gasteiger partial charge on any atom is -0.309 e. The standard InChI is InChI=1S/C58H36N2.C32H20N2/c1-3-17-37(18-4-1)49-36-50(56(39-19-5-2-6-20-39)58-48-28-16-22-38-21-15-27-47(55(38)48)57(49)58)40-33-41(59-51-29-11-7-23-43(51)44-24-8-12-30-52(44)59)35-42(34-40)60-53-31-13-9-25-45(53)46-26-10-14-32-54(46)60;1-2-22-19-23(33-29-15-7-3-11-25(29)26-12-4-8-16-30(26)33)21-24(20-22)34-31-17-9-5-13-27(31)28-14-6-10-18-32(28)34/h1-36H;1,3-21H. The van der Waals surface area contributed by atoms with Crippen LogP contribution >= 0.6 is 0 Å². The first-order valence-corrected chi connectivity index (χ1v) is 32.2. The van der Waals surface area contributed by atoms with Crippen LogP contribution in [0.4, 0.5) is 0 Å². The first-order valence-electron chi connectivity index (χ1n) is 32.2. The monoisotopic (exact) mass is 1190 g/mol. The van der Waals surface area contributed by atoms with E-state index in [1.165, 1.54) is 148 Å². The summed E-state index contributed by atoms with van der Waals surface area (Å²) < 4.78 is 9.58. The van der Waals surface area contributed by atoms with Crippen LogP contribution in [-0.4, -0.2) is 18.3 Å². The van der Waals surface area contributed by atoms with E-state index in [0.29, 0.717) is 0 Å². The molecule has 0 radical (unpaired) electrons. The molecule has 436 valence electrons. The van der Waals surface area contributed by atoms with Crippen molar-refractivity contribution in [2.45, 2.75) is 0 Å². The molecule has 0 spiro atoms. The maximum absolute atomic E-state index is 5.98. The van der Waals surface area contributed by atoms with Crippen LogP contribution in [0, 0.1) is 12.3 Å². The molecule has 4 aromatic heterocycles. The SMILES string of the molecule is C#Cc1cc(-n2c3ccccc3c3ccccc32)cc(-n2c3ccccc3c3ccccc32)c1.c1ccc(-c2cc(-c3cc(-n4c5ccccc5c5ccccc54)cc(-n4c5ccccc5c5ccccc54)c3)c(-c3ccccc3)c3c2-c2cccc4cccc-3c24)cc1. The van der Waals surface area contributed by atoms with Crippen molar-refractivity contribution >= 4 is 98.0 Å². The molecule has 0 atom stereocenters. The van der Waals surface area contributed by atoms with Gasteiger partial charge in [-0.25, -0.2) is 0 Å². The molecule has 15 aromatic carbocycles. The molecular weight excluding hydrogens is 1140 g/mol. The molecule has 0 fully saturated rings. The highest BCUT2D eigenvalue weighted by molar-refractivity contribution is 6.23. The van der Waals surface area contributed by atoms with E-state index in [2.05, 4.69) is 358 Å². The Bertz CT molecular complexity index is 5880. The van der Waals surface area contributed by atoms with Gasteiger partial charge in [0.15, 0.2) is 0 Å². The fourth-order valence-electron chi connectivity index (χ4n) is 15.7. The van der Waals surface area contributed by atoms with Gasteiger partial charge in [-0.3, -0.25) is 0 Å². The summed E-state index contributed by atoms with van der Waals surface area (Å²) in [5.41, 5.74) is 27.1. The summed E-state index contributed by atoms with van der Waals surface area (Å²) in [5.74, 6) is 2.90. The van der Waals surface area contributed by atoms with Gasteiger partial charge in [0.25, 0.3) is 0 Å². The number of aromatic nitrogens is 4. The molecule has 0 saturated heterocycles. The summed E-state index contributed by atoms with van der Waals surface area (Å²) in [5, 5.41) is 12.5. The molecule has 94 heavy (non-hydrogen) atoms. The molecule has 0 aliphatic heterocycles. The minimum absolute atomic E-state index is 0.858. The van der Waals surface area contributed by atoms with E-state index in [4.69, 9.17) is 6.42 Å². The number of fused-ring (bicyclic) bond motifs is 15. The molecule has 1 aliphatic carbocycles. The number of hydrogen-bond donors (Lipinski definition) is 0. The summed E-state index contributed by atoms with van der Waals surface area (Å²) >= 11 is 0. The van der Waals surface area contributed by atoms with Gasteiger partial charge >= 0.3 is 0 Å². The van der Waals surface area contributed by atoms with Gasteiger partial charge in [0.2, 0.25) is 0 Å². The van der Waals surface area contributed by atoms with E-state index < -0.39 is 0 Å². The Balaban J connectivity index is 0.000000156. The summed E-state index contributed by atoms with van der Waals surface area (Å²) in [4.78, 5) is 0. The maximum Gasteiger partial charge on any atom is 0.0541 e. The molecule has 0 bridgehead atoms. The number of benzene rings is 15. The van der Waals surface area contributed by atoms with Crippen LogP contribution < -0.4 is 0 Å². The number of nitrogens with zero attached hydrogens (tertiary/aromatic N) is 4. The van der Waals surface area contributed by atoms with Gasteiger partial charge in [-0.1, -0.05) is 249 Å². The molecule has 0 unspecified atom stereocenters. The Kier molecular flexibility index (Phi) is 12.0. The molecule has 4 heterocycles. The second kappa shape index (κ2) is 21.2. The van der Waals surface area contributed by atoms with Crippen molar-refractivity contribution in [1.29, 1.82) is 0 Å². The lowest BCUT2D eigenvalue weighted by Gasteiger charge is -2.22. The van der Waals surface area contributed by atoms with Crippen molar-refractivity contribution in [2.75, 3.05) is 0 Å². The lowest BCUT2D eigenvalue weighted by molar-refractivity contribution is 1.13. The highest BCUT2D eigenvalue weighted by Gasteiger charge is 2.31. The van der Waals surface area contributed by atoms with Crippen LogP contribution in [0.1, 0.15) is 5.56 Å². The zero-order chi connectivity index (χ0) is 62.0. The molecule has 4 heteroatoms. The van der Waals surface area contributed by atoms with Crippen molar-refractivity contribution in [2.24, 2.45) is 0 Å². The zero-order valence-electron chi connectivity index (χ0n) is 51.1. The Morgan fingerprint density at radius 3 is 0.862 bits per heavy atom. The van der Waals surface area contributed by atoms with E-state index >= 15 is 0 Å². The molecule has 20 rings (SSSR count). The normalized spacial score (nSPS) is 11.8. The largest absolute Gasteiger partial charge is 0.309 e. The first kappa shape index (κ1) is 53.2. The van der Waals surface area contributed by atoms with Crippen LogP contribution in [0.25, 0.3) is 176 Å². The summed E-state index contributed by atoms with van der Waals surface area (Å²) in [6.07, 6.45) is 5.98. The fraction of sp³-hybridized carbons (Fsp3) is 0. The maximum atomic E-state index is 5.98.